The van der Waals surface area contributed by atoms with E-state index in [1.807, 2.05) is 0 Å². The summed E-state index contributed by atoms with van der Waals surface area (Å²) >= 11 is 0. The van der Waals surface area contributed by atoms with Crippen LogP contribution in [0.1, 0.15) is 27.7 Å². The van der Waals surface area contributed by atoms with E-state index in [9.17, 15) is 9.59 Å². The van der Waals surface area contributed by atoms with Crippen LogP contribution in [-0.2, 0) is 14.3 Å². The van der Waals surface area contributed by atoms with Crippen molar-refractivity contribution in [3.05, 3.63) is 0 Å². The third-order valence-corrected chi connectivity index (χ3v) is 2.11. The monoisotopic (exact) mass is 215 g/mol. The van der Waals surface area contributed by atoms with Gasteiger partial charge in [0.1, 0.15) is 11.1 Å². The molecule has 0 saturated carbocycles. The standard InChI is InChI=1S/C10H17NO4/c1-7(12)10(5-14-6-10)11-8(13)15-9(2,3)4/h5-6H2,1-4H3,(H,11,13). The molecule has 5 nitrogen and oxygen atoms in total. The third kappa shape index (κ3) is 2.92. The summed E-state index contributed by atoms with van der Waals surface area (Å²) in [7, 11) is 0. The summed E-state index contributed by atoms with van der Waals surface area (Å²) in [5.74, 6) is -0.111. The van der Waals surface area contributed by atoms with Crippen LogP contribution >= 0.6 is 0 Å². The molecule has 0 unspecified atom stereocenters. The number of ketones is 1. The minimum Gasteiger partial charge on any atom is -0.444 e. The average molecular weight is 215 g/mol. The first-order valence-corrected chi connectivity index (χ1v) is 4.85. The van der Waals surface area contributed by atoms with E-state index in [1.165, 1.54) is 6.92 Å². The van der Waals surface area contributed by atoms with Gasteiger partial charge in [0, 0.05) is 0 Å². The Balaban J connectivity index is 2.54. The summed E-state index contributed by atoms with van der Waals surface area (Å²) < 4.78 is 10.0. The first kappa shape index (κ1) is 12.0. The fourth-order valence-electron chi connectivity index (χ4n) is 1.17. The number of ether oxygens (including phenoxy) is 2. The van der Waals surface area contributed by atoms with Crippen LogP contribution in [0.5, 0.6) is 0 Å². The Morgan fingerprint density at radius 1 is 1.33 bits per heavy atom. The van der Waals surface area contributed by atoms with Crippen molar-refractivity contribution in [3.8, 4) is 0 Å². The molecule has 0 aromatic heterocycles. The number of nitrogens with one attached hydrogen (secondary N) is 1. The van der Waals surface area contributed by atoms with Gasteiger partial charge in [-0.15, -0.1) is 0 Å². The second-order valence-corrected chi connectivity index (χ2v) is 4.76. The molecule has 0 spiro atoms. The van der Waals surface area contributed by atoms with Gasteiger partial charge in [-0.3, -0.25) is 4.79 Å². The van der Waals surface area contributed by atoms with Crippen LogP contribution in [0.15, 0.2) is 0 Å². The summed E-state index contributed by atoms with van der Waals surface area (Å²) in [5, 5.41) is 2.55. The summed E-state index contributed by atoms with van der Waals surface area (Å²) in [4.78, 5) is 22.7. The van der Waals surface area contributed by atoms with E-state index in [4.69, 9.17) is 9.47 Å². The molecular weight excluding hydrogens is 198 g/mol. The number of amides is 1. The number of rotatable bonds is 2. The maximum atomic E-state index is 11.4. The highest BCUT2D eigenvalue weighted by molar-refractivity contribution is 5.91. The number of hydrogen-bond acceptors (Lipinski definition) is 4. The van der Waals surface area contributed by atoms with Crippen LogP contribution in [0, 0.1) is 0 Å². The molecule has 5 heteroatoms. The van der Waals surface area contributed by atoms with E-state index in [0.29, 0.717) is 0 Å². The fourth-order valence-corrected chi connectivity index (χ4v) is 1.17. The topological polar surface area (TPSA) is 64.6 Å². The van der Waals surface area contributed by atoms with Crippen LogP contribution in [0.3, 0.4) is 0 Å². The van der Waals surface area contributed by atoms with Crippen LogP contribution < -0.4 is 5.32 Å². The van der Waals surface area contributed by atoms with Gasteiger partial charge in [-0.05, 0) is 27.7 Å². The Labute approximate surface area is 89.1 Å². The predicted molar refractivity (Wildman–Crippen MR) is 53.6 cm³/mol. The van der Waals surface area contributed by atoms with Crippen LogP contribution in [0.2, 0.25) is 0 Å². The number of carbonyl (C=O) groups is 2. The zero-order valence-corrected chi connectivity index (χ0v) is 9.55. The normalized spacial score (nSPS) is 18.9. The molecule has 0 aromatic rings. The molecule has 0 aromatic carbocycles. The van der Waals surface area contributed by atoms with Gasteiger partial charge in [-0.2, -0.15) is 0 Å². The van der Waals surface area contributed by atoms with Gasteiger partial charge in [0.15, 0.2) is 5.78 Å². The first-order valence-electron chi connectivity index (χ1n) is 4.85. The molecule has 1 rings (SSSR count). The van der Waals surface area contributed by atoms with E-state index in [-0.39, 0.29) is 19.0 Å². The van der Waals surface area contributed by atoms with Gasteiger partial charge in [0.25, 0.3) is 0 Å². The molecular formula is C10H17NO4. The highest BCUT2D eigenvalue weighted by Crippen LogP contribution is 2.19. The largest absolute Gasteiger partial charge is 0.444 e. The minimum atomic E-state index is -0.873. The molecule has 1 heterocycles. The number of Topliss-reactive ketones (excluding diaryl/α,β-unsaturated/α-hetero) is 1. The molecule has 1 fully saturated rings. The summed E-state index contributed by atoms with van der Waals surface area (Å²) in [6.45, 7) is 7.18. The molecule has 15 heavy (non-hydrogen) atoms. The predicted octanol–water partition coefficient (Wildman–Crippen LogP) is 0.869. The molecule has 1 N–H and O–H groups in total. The quantitative estimate of drug-likeness (QED) is 0.742. The summed E-state index contributed by atoms with van der Waals surface area (Å²) in [6.07, 6.45) is -0.582. The minimum absolute atomic E-state index is 0.111. The Hall–Kier alpha value is -1.10. The molecule has 86 valence electrons. The van der Waals surface area contributed by atoms with Gasteiger partial charge in [-0.25, -0.2) is 4.79 Å². The lowest BCUT2D eigenvalue weighted by atomic mass is 9.93. The molecule has 0 bridgehead atoms. The zero-order valence-electron chi connectivity index (χ0n) is 9.55. The van der Waals surface area contributed by atoms with E-state index in [2.05, 4.69) is 5.32 Å². The second kappa shape index (κ2) is 3.81. The molecule has 0 atom stereocenters. The van der Waals surface area contributed by atoms with Crippen molar-refractivity contribution in [1.82, 2.24) is 5.32 Å². The molecule has 1 aliphatic heterocycles. The lowest BCUT2D eigenvalue weighted by Gasteiger charge is -2.39. The maximum Gasteiger partial charge on any atom is 0.408 e. The summed E-state index contributed by atoms with van der Waals surface area (Å²) in [5.41, 5.74) is -1.44. The van der Waals surface area contributed by atoms with Crippen molar-refractivity contribution in [3.63, 3.8) is 0 Å². The SMILES string of the molecule is CC(=O)C1(NC(=O)OC(C)(C)C)COC1. The van der Waals surface area contributed by atoms with E-state index >= 15 is 0 Å². The van der Waals surface area contributed by atoms with Gasteiger partial charge in [-0.1, -0.05) is 0 Å². The highest BCUT2D eigenvalue weighted by atomic mass is 16.6. The maximum absolute atomic E-state index is 11.4. The molecule has 1 aliphatic rings. The van der Waals surface area contributed by atoms with E-state index in [1.54, 1.807) is 20.8 Å². The highest BCUT2D eigenvalue weighted by Gasteiger charge is 2.45. The molecule has 1 amide bonds. The molecule has 0 radical (unpaired) electrons. The van der Waals surface area contributed by atoms with Gasteiger partial charge in [0.2, 0.25) is 0 Å². The van der Waals surface area contributed by atoms with Gasteiger partial charge in [0.05, 0.1) is 13.2 Å². The third-order valence-electron chi connectivity index (χ3n) is 2.11. The van der Waals surface area contributed by atoms with Crippen molar-refractivity contribution < 1.29 is 19.1 Å². The van der Waals surface area contributed by atoms with Crippen molar-refractivity contribution >= 4 is 11.9 Å². The average Bonchev–Trinajstić information content (AvgIpc) is 1.92. The van der Waals surface area contributed by atoms with Crippen LogP contribution in [0.4, 0.5) is 4.79 Å². The number of alkyl carbamates (subject to hydrolysis) is 1. The van der Waals surface area contributed by atoms with Crippen LogP contribution in [-0.4, -0.2) is 36.2 Å². The molecule has 1 saturated heterocycles. The smallest absolute Gasteiger partial charge is 0.408 e. The number of carbonyl (C=O) groups excluding carboxylic acids is 2. The first-order chi connectivity index (χ1) is 6.75. The van der Waals surface area contributed by atoms with Gasteiger partial charge < -0.3 is 14.8 Å². The van der Waals surface area contributed by atoms with E-state index in [0.717, 1.165) is 0 Å². The Bertz CT molecular complexity index is 276. The summed E-state index contributed by atoms with van der Waals surface area (Å²) in [6, 6.07) is 0. The van der Waals surface area contributed by atoms with E-state index < -0.39 is 17.2 Å². The van der Waals surface area contributed by atoms with Gasteiger partial charge >= 0.3 is 6.09 Å². The van der Waals surface area contributed by atoms with Crippen molar-refractivity contribution in [1.29, 1.82) is 0 Å². The fraction of sp³-hybridized carbons (Fsp3) is 0.800. The zero-order chi connectivity index (χ0) is 11.7. The van der Waals surface area contributed by atoms with Crippen molar-refractivity contribution in [2.24, 2.45) is 0 Å². The Kier molecular flexibility index (Phi) is 3.04. The van der Waals surface area contributed by atoms with Crippen molar-refractivity contribution in [2.45, 2.75) is 38.8 Å². The van der Waals surface area contributed by atoms with Crippen molar-refractivity contribution in [2.75, 3.05) is 13.2 Å². The lowest BCUT2D eigenvalue weighted by Crippen LogP contribution is -2.66. The second-order valence-electron chi connectivity index (χ2n) is 4.76. The Morgan fingerprint density at radius 3 is 2.13 bits per heavy atom. The molecule has 0 aliphatic carbocycles. The lowest BCUT2D eigenvalue weighted by molar-refractivity contribution is -0.143. The van der Waals surface area contributed by atoms with Crippen LogP contribution in [0.25, 0.3) is 0 Å². The Morgan fingerprint density at radius 2 is 1.87 bits per heavy atom. The number of hydrogen-bond donors (Lipinski definition) is 1.